The van der Waals surface area contributed by atoms with Gasteiger partial charge in [0.2, 0.25) is 0 Å². The van der Waals surface area contributed by atoms with Crippen LogP contribution in [0.15, 0.2) is 4.47 Å². The van der Waals surface area contributed by atoms with E-state index in [1.165, 1.54) is 18.5 Å². The summed E-state index contributed by atoms with van der Waals surface area (Å²) in [5, 5.41) is 10.7. The predicted octanol–water partition coefficient (Wildman–Crippen LogP) is 1.95. The molecule has 1 fully saturated rings. The molecule has 1 saturated heterocycles. The molecule has 3 nitrogen and oxygen atoms in total. The second kappa shape index (κ2) is 3.80. The molecule has 0 spiro atoms. The molecule has 1 aromatic rings. The molecule has 0 saturated carbocycles. The van der Waals surface area contributed by atoms with Crippen LogP contribution in [-0.4, -0.2) is 23.3 Å². The molecule has 4 heteroatoms. The fourth-order valence-electron chi connectivity index (χ4n) is 1.79. The number of aryl methyl sites for hydroxylation is 1. The highest BCUT2D eigenvalue weighted by molar-refractivity contribution is 9.10. The van der Waals surface area contributed by atoms with Crippen LogP contribution in [0.3, 0.4) is 0 Å². The third-order valence-electron chi connectivity index (χ3n) is 2.58. The number of nitrogens with one attached hydrogen (secondary N) is 2. The quantitative estimate of drug-likeness (QED) is 0.792. The highest BCUT2D eigenvalue weighted by Gasteiger charge is 2.20. The zero-order chi connectivity index (χ0) is 9.26. The van der Waals surface area contributed by atoms with Crippen LogP contribution in [0.2, 0.25) is 0 Å². The van der Waals surface area contributed by atoms with Gasteiger partial charge >= 0.3 is 0 Å². The second-order valence-corrected chi connectivity index (χ2v) is 4.38. The number of halogens is 1. The van der Waals surface area contributed by atoms with E-state index in [1.54, 1.807) is 0 Å². The summed E-state index contributed by atoms with van der Waals surface area (Å²) in [6, 6.07) is 0. The lowest BCUT2D eigenvalue weighted by molar-refractivity contribution is 0.453. The molecule has 2 N–H and O–H groups in total. The second-order valence-electron chi connectivity index (χ2n) is 3.59. The van der Waals surface area contributed by atoms with E-state index in [1.807, 2.05) is 6.92 Å². The Balaban J connectivity index is 2.18. The first-order chi connectivity index (χ1) is 6.29. The van der Waals surface area contributed by atoms with Gasteiger partial charge in [0.1, 0.15) is 0 Å². The van der Waals surface area contributed by atoms with E-state index >= 15 is 0 Å². The molecule has 1 aliphatic rings. The number of hydrogen-bond donors (Lipinski definition) is 2. The smallest absolute Gasteiger partial charge is 0.0810 e. The normalized spacial score (nSPS) is 23.4. The van der Waals surface area contributed by atoms with Crippen LogP contribution in [0, 0.1) is 6.92 Å². The minimum Gasteiger partial charge on any atom is -0.316 e. The van der Waals surface area contributed by atoms with Crippen LogP contribution in [-0.2, 0) is 0 Å². The minimum absolute atomic E-state index is 0.577. The van der Waals surface area contributed by atoms with Gasteiger partial charge in [0.15, 0.2) is 0 Å². The fraction of sp³-hybridized carbons (Fsp3) is 0.667. The van der Waals surface area contributed by atoms with E-state index in [0.29, 0.717) is 5.92 Å². The fourth-order valence-corrected chi connectivity index (χ4v) is 2.29. The lowest BCUT2D eigenvalue weighted by Gasteiger charge is -2.21. The van der Waals surface area contributed by atoms with Gasteiger partial charge in [-0.3, -0.25) is 5.10 Å². The largest absolute Gasteiger partial charge is 0.316 e. The van der Waals surface area contributed by atoms with Gasteiger partial charge in [-0.1, -0.05) is 0 Å². The highest BCUT2D eigenvalue weighted by Crippen LogP contribution is 2.29. The average molecular weight is 244 g/mol. The first-order valence-corrected chi connectivity index (χ1v) is 5.49. The summed E-state index contributed by atoms with van der Waals surface area (Å²) >= 11 is 3.56. The third-order valence-corrected chi connectivity index (χ3v) is 3.58. The Hall–Kier alpha value is -0.350. The van der Waals surface area contributed by atoms with E-state index in [9.17, 15) is 0 Å². The molecule has 1 atom stereocenters. The van der Waals surface area contributed by atoms with Crippen molar-refractivity contribution in [3.8, 4) is 0 Å². The van der Waals surface area contributed by atoms with Gasteiger partial charge in [0, 0.05) is 18.2 Å². The summed E-state index contributed by atoms with van der Waals surface area (Å²) < 4.78 is 1.15. The molecular weight excluding hydrogens is 230 g/mol. The zero-order valence-corrected chi connectivity index (χ0v) is 9.32. The number of aromatic nitrogens is 2. The van der Waals surface area contributed by atoms with Gasteiger partial charge in [-0.15, -0.1) is 0 Å². The molecule has 0 bridgehead atoms. The summed E-state index contributed by atoms with van der Waals surface area (Å²) in [5.74, 6) is 0.577. The molecule has 0 aliphatic carbocycles. The number of rotatable bonds is 1. The Morgan fingerprint density at radius 1 is 1.54 bits per heavy atom. The van der Waals surface area contributed by atoms with Crippen molar-refractivity contribution < 1.29 is 0 Å². The zero-order valence-electron chi connectivity index (χ0n) is 7.73. The Morgan fingerprint density at radius 3 is 2.92 bits per heavy atom. The van der Waals surface area contributed by atoms with Gasteiger partial charge in [-0.2, -0.15) is 5.10 Å². The summed E-state index contributed by atoms with van der Waals surface area (Å²) in [7, 11) is 0. The van der Waals surface area contributed by atoms with Crippen LogP contribution in [0.25, 0.3) is 0 Å². The monoisotopic (exact) mass is 243 g/mol. The number of hydrogen-bond acceptors (Lipinski definition) is 2. The predicted molar refractivity (Wildman–Crippen MR) is 55.9 cm³/mol. The number of H-pyrrole nitrogens is 1. The van der Waals surface area contributed by atoms with Crippen LogP contribution in [0.4, 0.5) is 0 Å². The molecule has 13 heavy (non-hydrogen) atoms. The van der Waals surface area contributed by atoms with Gasteiger partial charge in [-0.25, -0.2) is 0 Å². The van der Waals surface area contributed by atoms with Crippen LogP contribution in [0.1, 0.15) is 30.1 Å². The first-order valence-electron chi connectivity index (χ1n) is 4.70. The molecule has 1 aliphatic heterocycles. The van der Waals surface area contributed by atoms with Crippen molar-refractivity contribution in [1.29, 1.82) is 0 Å². The van der Waals surface area contributed by atoms with Gasteiger partial charge < -0.3 is 5.32 Å². The summed E-state index contributed by atoms with van der Waals surface area (Å²) in [6.07, 6.45) is 2.50. The van der Waals surface area contributed by atoms with Gasteiger partial charge in [-0.05, 0) is 42.2 Å². The summed E-state index contributed by atoms with van der Waals surface area (Å²) in [4.78, 5) is 0. The summed E-state index contributed by atoms with van der Waals surface area (Å²) in [6.45, 7) is 4.25. The van der Waals surface area contributed by atoms with Crippen LogP contribution < -0.4 is 5.32 Å². The molecule has 72 valence electrons. The first kappa shape index (κ1) is 9.21. The molecule has 0 aromatic carbocycles. The summed E-state index contributed by atoms with van der Waals surface area (Å²) in [5.41, 5.74) is 2.31. The minimum atomic E-state index is 0.577. The van der Waals surface area contributed by atoms with Crippen molar-refractivity contribution >= 4 is 15.9 Å². The Morgan fingerprint density at radius 2 is 2.38 bits per heavy atom. The number of nitrogens with zero attached hydrogens (tertiary/aromatic N) is 1. The van der Waals surface area contributed by atoms with Crippen LogP contribution in [0.5, 0.6) is 0 Å². The van der Waals surface area contributed by atoms with Crippen molar-refractivity contribution in [2.24, 2.45) is 0 Å². The molecule has 2 heterocycles. The topological polar surface area (TPSA) is 40.7 Å². The average Bonchev–Trinajstić information content (AvgIpc) is 2.49. The maximum atomic E-state index is 4.33. The Labute approximate surface area is 86.4 Å². The SMILES string of the molecule is Cc1[nH]nc(C2CCCNC2)c1Br. The van der Waals surface area contributed by atoms with Crippen molar-refractivity contribution in [3.05, 3.63) is 15.9 Å². The third kappa shape index (κ3) is 1.79. The maximum absolute atomic E-state index is 4.33. The van der Waals surface area contributed by atoms with Crippen molar-refractivity contribution in [1.82, 2.24) is 15.5 Å². The molecular formula is C9H14BrN3. The van der Waals surface area contributed by atoms with E-state index in [0.717, 1.165) is 23.3 Å². The Kier molecular flexibility index (Phi) is 2.69. The van der Waals surface area contributed by atoms with E-state index in [2.05, 4.69) is 31.4 Å². The van der Waals surface area contributed by atoms with Gasteiger partial charge in [0.25, 0.3) is 0 Å². The lowest BCUT2D eigenvalue weighted by Crippen LogP contribution is -2.28. The molecule has 1 unspecified atom stereocenters. The Bertz CT molecular complexity index is 289. The van der Waals surface area contributed by atoms with Gasteiger partial charge in [0.05, 0.1) is 10.2 Å². The van der Waals surface area contributed by atoms with Crippen molar-refractivity contribution in [2.45, 2.75) is 25.7 Å². The van der Waals surface area contributed by atoms with E-state index in [-0.39, 0.29) is 0 Å². The number of aromatic amines is 1. The van der Waals surface area contributed by atoms with Crippen molar-refractivity contribution in [3.63, 3.8) is 0 Å². The van der Waals surface area contributed by atoms with Crippen LogP contribution >= 0.6 is 15.9 Å². The molecule has 0 amide bonds. The number of piperidine rings is 1. The lowest BCUT2D eigenvalue weighted by atomic mass is 9.96. The van der Waals surface area contributed by atoms with E-state index < -0.39 is 0 Å². The molecule has 0 radical (unpaired) electrons. The van der Waals surface area contributed by atoms with E-state index in [4.69, 9.17) is 0 Å². The maximum Gasteiger partial charge on any atom is 0.0810 e. The highest BCUT2D eigenvalue weighted by atomic mass is 79.9. The standard InChI is InChI=1S/C9H14BrN3/c1-6-8(10)9(13-12-6)7-3-2-4-11-5-7/h7,11H,2-5H2,1H3,(H,12,13). The molecule has 2 rings (SSSR count). The molecule has 1 aromatic heterocycles. The van der Waals surface area contributed by atoms with Crippen molar-refractivity contribution in [2.75, 3.05) is 13.1 Å².